The number of imide groups is 1. The number of carbonyl (C=O) groups is 2. The molecule has 0 unspecified atom stereocenters. The molecule has 0 radical (unpaired) electrons. The van der Waals surface area contributed by atoms with E-state index in [2.05, 4.69) is 0 Å². The SMILES string of the molecule is COCCN(CCOC)C1=C(c2ccccc2)C(=O)N(c2cccc(OC)c2)C1=O. The topological polar surface area (TPSA) is 68.3 Å². The van der Waals surface area contributed by atoms with Gasteiger partial charge < -0.3 is 19.1 Å². The fourth-order valence-corrected chi connectivity index (χ4v) is 3.40. The quantitative estimate of drug-likeness (QED) is 0.561. The van der Waals surface area contributed by atoms with E-state index in [9.17, 15) is 9.59 Å². The summed E-state index contributed by atoms with van der Waals surface area (Å²) in [6, 6.07) is 16.2. The summed E-state index contributed by atoms with van der Waals surface area (Å²) in [5.41, 5.74) is 1.88. The van der Waals surface area contributed by atoms with E-state index in [1.807, 2.05) is 35.2 Å². The maximum Gasteiger partial charge on any atom is 0.282 e. The number of hydrogen-bond donors (Lipinski definition) is 0. The predicted octanol–water partition coefficient (Wildman–Crippen LogP) is 2.57. The van der Waals surface area contributed by atoms with E-state index in [1.54, 1.807) is 45.6 Å². The van der Waals surface area contributed by atoms with Gasteiger partial charge in [0.15, 0.2) is 0 Å². The van der Waals surface area contributed by atoms with Gasteiger partial charge in [-0.05, 0) is 17.7 Å². The lowest BCUT2D eigenvalue weighted by atomic mass is 10.0. The van der Waals surface area contributed by atoms with Crippen LogP contribution in [0, 0.1) is 0 Å². The third-order valence-electron chi connectivity index (χ3n) is 4.88. The van der Waals surface area contributed by atoms with Crippen molar-refractivity contribution in [2.75, 3.05) is 52.5 Å². The Balaban J connectivity index is 2.10. The normalized spacial score (nSPS) is 13.9. The first kappa shape index (κ1) is 21.5. The van der Waals surface area contributed by atoms with Crippen LogP contribution in [0.1, 0.15) is 5.56 Å². The van der Waals surface area contributed by atoms with Crippen molar-refractivity contribution >= 4 is 23.1 Å². The van der Waals surface area contributed by atoms with Crippen LogP contribution < -0.4 is 9.64 Å². The van der Waals surface area contributed by atoms with Crippen molar-refractivity contribution < 1.29 is 23.8 Å². The number of benzene rings is 2. The predicted molar refractivity (Wildman–Crippen MR) is 114 cm³/mol. The maximum atomic E-state index is 13.6. The van der Waals surface area contributed by atoms with Crippen LogP contribution in [-0.4, -0.2) is 64.3 Å². The van der Waals surface area contributed by atoms with Crippen molar-refractivity contribution in [3.63, 3.8) is 0 Å². The Bertz CT molecular complexity index is 918. The average molecular weight is 410 g/mol. The van der Waals surface area contributed by atoms with E-state index >= 15 is 0 Å². The van der Waals surface area contributed by atoms with Gasteiger partial charge in [-0.25, -0.2) is 4.90 Å². The van der Waals surface area contributed by atoms with E-state index < -0.39 is 0 Å². The van der Waals surface area contributed by atoms with E-state index in [1.165, 1.54) is 4.90 Å². The van der Waals surface area contributed by atoms with Crippen LogP contribution in [0.4, 0.5) is 5.69 Å². The van der Waals surface area contributed by atoms with Crippen molar-refractivity contribution in [3.05, 3.63) is 65.9 Å². The average Bonchev–Trinajstić information content (AvgIpc) is 3.04. The molecular weight excluding hydrogens is 384 g/mol. The molecule has 7 nitrogen and oxygen atoms in total. The van der Waals surface area contributed by atoms with Crippen molar-refractivity contribution in [1.29, 1.82) is 0 Å². The number of anilines is 1. The van der Waals surface area contributed by atoms with E-state index in [-0.39, 0.29) is 11.8 Å². The van der Waals surface area contributed by atoms with Gasteiger partial charge in [-0.2, -0.15) is 0 Å². The third kappa shape index (κ3) is 4.37. The molecule has 2 aromatic rings. The number of nitrogens with zero attached hydrogens (tertiary/aromatic N) is 2. The first-order valence-corrected chi connectivity index (χ1v) is 9.67. The molecule has 2 amide bonds. The lowest BCUT2D eigenvalue weighted by Gasteiger charge is -2.25. The zero-order valence-electron chi connectivity index (χ0n) is 17.5. The number of amides is 2. The molecule has 2 aromatic carbocycles. The van der Waals surface area contributed by atoms with Gasteiger partial charge in [-0.15, -0.1) is 0 Å². The van der Waals surface area contributed by atoms with Crippen molar-refractivity contribution in [2.24, 2.45) is 0 Å². The zero-order chi connectivity index (χ0) is 21.5. The zero-order valence-corrected chi connectivity index (χ0v) is 17.5. The van der Waals surface area contributed by atoms with E-state index in [4.69, 9.17) is 14.2 Å². The van der Waals surface area contributed by atoms with Crippen LogP contribution in [0.25, 0.3) is 5.57 Å². The van der Waals surface area contributed by atoms with Crippen LogP contribution in [-0.2, 0) is 19.1 Å². The van der Waals surface area contributed by atoms with Gasteiger partial charge in [0.05, 0.1) is 31.6 Å². The Morgan fingerprint density at radius 2 is 1.50 bits per heavy atom. The Kier molecular flexibility index (Phi) is 7.21. The summed E-state index contributed by atoms with van der Waals surface area (Å²) in [6.07, 6.45) is 0. The Morgan fingerprint density at radius 1 is 0.833 bits per heavy atom. The lowest BCUT2D eigenvalue weighted by molar-refractivity contribution is -0.120. The first-order chi connectivity index (χ1) is 14.6. The second-order valence-electron chi connectivity index (χ2n) is 6.71. The van der Waals surface area contributed by atoms with Gasteiger partial charge in [0.25, 0.3) is 11.8 Å². The number of hydrogen-bond acceptors (Lipinski definition) is 6. The van der Waals surface area contributed by atoms with Crippen molar-refractivity contribution in [3.8, 4) is 5.75 Å². The molecule has 1 heterocycles. The van der Waals surface area contributed by atoms with Gasteiger partial charge in [0.1, 0.15) is 11.4 Å². The highest BCUT2D eigenvalue weighted by atomic mass is 16.5. The largest absolute Gasteiger partial charge is 0.497 e. The molecule has 0 aromatic heterocycles. The smallest absolute Gasteiger partial charge is 0.282 e. The van der Waals surface area contributed by atoms with Gasteiger partial charge in [-0.1, -0.05) is 36.4 Å². The molecule has 0 spiro atoms. The Hall–Kier alpha value is -3.16. The molecule has 1 aliphatic heterocycles. The second-order valence-corrected chi connectivity index (χ2v) is 6.71. The highest BCUT2D eigenvalue weighted by Crippen LogP contribution is 2.35. The molecule has 158 valence electrons. The molecule has 0 aliphatic carbocycles. The molecular formula is C23H26N2O5. The fraction of sp³-hybridized carbons (Fsp3) is 0.304. The summed E-state index contributed by atoms with van der Waals surface area (Å²) in [5, 5.41) is 0. The molecule has 0 N–H and O–H groups in total. The summed E-state index contributed by atoms with van der Waals surface area (Å²) in [6.45, 7) is 1.73. The molecule has 0 fully saturated rings. The maximum absolute atomic E-state index is 13.6. The van der Waals surface area contributed by atoms with Crippen LogP contribution in [0.15, 0.2) is 60.3 Å². The van der Waals surface area contributed by atoms with Crippen molar-refractivity contribution in [2.45, 2.75) is 0 Å². The standard InChI is InChI=1S/C23H26N2O5/c1-28-14-12-24(13-15-29-2)21-20(17-8-5-4-6-9-17)22(26)25(23(21)27)18-10-7-11-19(16-18)30-3/h4-11,16H,12-15H2,1-3H3. The summed E-state index contributed by atoms with van der Waals surface area (Å²) >= 11 is 0. The van der Waals surface area contributed by atoms with Crippen LogP contribution in [0.2, 0.25) is 0 Å². The summed E-state index contributed by atoms with van der Waals surface area (Å²) in [5.74, 6) is -0.174. The molecule has 7 heteroatoms. The van der Waals surface area contributed by atoms with Crippen LogP contribution >= 0.6 is 0 Å². The molecule has 0 bridgehead atoms. The number of carbonyl (C=O) groups excluding carboxylic acids is 2. The minimum atomic E-state index is -0.376. The minimum Gasteiger partial charge on any atom is -0.497 e. The van der Waals surface area contributed by atoms with Gasteiger partial charge in [0.2, 0.25) is 0 Å². The Morgan fingerprint density at radius 3 is 2.10 bits per heavy atom. The summed E-state index contributed by atoms with van der Waals surface area (Å²) < 4.78 is 15.7. The highest BCUT2D eigenvalue weighted by Gasteiger charge is 2.42. The number of ether oxygens (including phenoxy) is 3. The molecule has 3 rings (SSSR count). The van der Waals surface area contributed by atoms with Gasteiger partial charge in [0, 0.05) is 33.4 Å². The molecule has 0 atom stereocenters. The number of methoxy groups -OCH3 is 3. The summed E-state index contributed by atoms with van der Waals surface area (Å²) in [7, 11) is 4.75. The molecule has 0 saturated carbocycles. The van der Waals surface area contributed by atoms with Gasteiger partial charge in [-0.3, -0.25) is 9.59 Å². The molecule has 30 heavy (non-hydrogen) atoms. The Labute approximate surface area is 176 Å². The van der Waals surface area contributed by atoms with Gasteiger partial charge >= 0.3 is 0 Å². The monoisotopic (exact) mass is 410 g/mol. The first-order valence-electron chi connectivity index (χ1n) is 9.67. The fourth-order valence-electron chi connectivity index (χ4n) is 3.40. The van der Waals surface area contributed by atoms with E-state index in [0.717, 1.165) is 0 Å². The van der Waals surface area contributed by atoms with Crippen LogP contribution in [0.5, 0.6) is 5.75 Å². The third-order valence-corrected chi connectivity index (χ3v) is 4.88. The lowest BCUT2D eigenvalue weighted by Crippen LogP contribution is -2.37. The molecule has 0 saturated heterocycles. The van der Waals surface area contributed by atoms with Crippen molar-refractivity contribution in [1.82, 2.24) is 4.90 Å². The molecule has 1 aliphatic rings. The summed E-state index contributed by atoms with van der Waals surface area (Å²) in [4.78, 5) is 30.1. The second kappa shape index (κ2) is 10.0. The van der Waals surface area contributed by atoms with E-state index in [0.29, 0.717) is 54.6 Å². The highest BCUT2D eigenvalue weighted by molar-refractivity contribution is 6.45. The number of rotatable bonds is 10. The van der Waals surface area contributed by atoms with Crippen LogP contribution in [0.3, 0.4) is 0 Å². The minimum absolute atomic E-state index is 0.350.